The van der Waals surface area contributed by atoms with Crippen molar-refractivity contribution in [3.05, 3.63) is 29.3 Å². The van der Waals surface area contributed by atoms with E-state index in [2.05, 4.69) is 23.2 Å². The Morgan fingerprint density at radius 2 is 2.16 bits per heavy atom. The standard InChI is InChI=1S/C14H21N3S2/c1-11-3-2-4-12(14(15)18)13(11)16-5-6-17-7-9-19-10-8-17/h2-4,16H,5-10H2,1H3,(H2,15,18). The first-order chi connectivity index (χ1) is 9.18. The van der Waals surface area contributed by atoms with Crippen LogP contribution in [-0.4, -0.2) is 47.6 Å². The van der Waals surface area contributed by atoms with E-state index in [1.807, 2.05) is 23.9 Å². The predicted octanol–water partition coefficient (Wildman–Crippen LogP) is 2.09. The summed E-state index contributed by atoms with van der Waals surface area (Å²) in [5.41, 5.74) is 9.00. The number of aryl methyl sites for hydroxylation is 1. The Balaban J connectivity index is 1.93. The van der Waals surface area contributed by atoms with Gasteiger partial charge < -0.3 is 11.1 Å². The van der Waals surface area contributed by atoms with Crippen LogP contribution in [0.5, 0.6) is 0 Å². The van der Waals surface area contributed by atoms with Crippen molar-refractivity contribution in [2.24, 2.45) is 5.73 Å². The Hall–Kier alpha value is -0.780. The molecule has 19 heavy (non-hydrogen) atoms. The minimum atomic E-state index is 0.459. The van der Waals surface area contributed by atoms with Crippen LogP contribution in [0, 0.1) is 6.92 Å². The number of hydrogen-bond acceptors (Lipinski definition) is 4. The zero-order chi connectivity index (χ0) is 13.7. The maximum atomic E-state index is 5.78. The molecule has 0 unspecified atom stereocenters. The van der Waals surface area contributed by atoms with Gasteiger partial charge in [-0.05, 0) is 18.6 Å². The molecule has 5 heteroatoms. The molecule has 0 spiro atoms. The highest BCUT2D eigenvalue weighted by Crippen LogP contribution is 2.20. The SMILES string of the molecule is Cc1cccc(C(N)=S)c1NCCN1CCSCC1. The van der Waals surface area contributed by atoms with Crippen molar-refractivity contribution in [1.82, 2.24) is 4.90 Å². The molecule has 1 aliphatic rings. The number of nitrogens with zero attached hydrogens (tertiary/aromatic N) is 1. The van der Waals surface area contributed by atoms with Gasteiger partial charge in [0.2, 0.25) is 0 Å². The summed E-state index contributed by atoms with van der Waals surface area (Å²) in [5, 5.41) is 3.49. The monoisotopic (exact) mass is 295 g/mol. The molecule has 0 aliphatic carbocycles. The van der Waals surface area contributed by atoms with E-state index in [1.165, 1.54) is 30.2 Å². The Kier molecular flexibility index (Phi) is 5.48. The van der Waals surface area contributed by atoms with Crippen LogP contribution < -0.4 is 11.1 Å². The van der Waals surface area contributed by atoms with Crippen LogP contribution in [0.4, 0.5) is 5.69 Å². The van der Waals surface area contributed by atoms with Gasteiger partial charge in [0, 0.05) is 48.9 Å². The normalized spacial score (nSPS) is 16.3. The van der Waals surface area contributed by atoms with Gasteiger partial charge in [-0.1, -0.05) is 24.4 Å². The number of rotatable bonds is 5. The molecule has 0 radical (unpaired) electrons. The molecule has 1 aromatic rings. The molecule has 0 atom stereocenters. The average molecular weight is 295 g/mol. The maximum absolute atomic E-state index is 5.78. The van der Waals surface area contributed by atoms with Crippen molar-refractivity contribution in [2.45, 2.75) is 6.92 Å². The van der Waals surface area contributed by atoms with Crippen molar-refractivity contribution >= 4 is 34.7 Å². The molecule has 1 saturated heterocycles. The Bertz CT molecular complexity index is 442. The molecular weight excluding hydrogens is 274 g/mol. The van der Waals surface area contributed by atoms with E-state index >= 15 is 0 Å². The molecule has 0 saturated carbocycles. The lowest BCUT2D eigenvalue weighted by Crippen LogP contribution is -2.36. The zero-order valence-electron chi connectivity index (χ0n) is 11.3. The third-order valence-corrected chi connectivity index (χ3v) is 4.53. The second-order valence-electron chi connectivity index (χ2n) is 4.74. The first kappa shape index (κ1) is 14.6. The zero-order valence-corrected chi connectivity index (χ0v) is 12.9. The molecule has 0 amide bonds. The minimum Gasteiger partial charge on any atom is -0.389 e. The summed E-state index contributed by atoms with van der Waals surface area (Å²) >= 11 is 7.15. The maximum Gasteiger partial charge on any atom is 0.106 e. The van der Waals surface area contributed by atoms with E-state index in [4.69, 9.17) is 18.0 Å². The van der Waals surface area contributed by atoms with Gasteiger partial charge in [0.15, 0.2) is 0 Å². The first-order valence-corrected chi connectivity index (χ1v) is 8.18. The largest absolute Gasteiger partial charge is 0.389 e. The number of nitrogens with two attached hydrogens (primary N) is 1. The van der Waals surface area contributed by atoms with Crippen LogP contribution in [0.2, 0.25) is 0 Å². The van der Waals surface area contributed by atoms with E-state index in [9.17, 15) is 0 Å². The van der Waals surface area contributed by atoms with Crippen molar-refractivity contribution in [2.75, 3.05) is 43.0 Å². The summed E-state index contributed by atoms with van der Waals surface area (Å²) in [6, 6.07) is 6.06. The molecule has 3 nitrogen and oxygen atoms in total. The van der Waals surface area contributed by atoms with Gasteiger partial charge in [-0.15, -0.1) is 0 Å². The van der Waals surface area contributed by atoms with E-state index in [1.54, 1.807) is 0 Å². The van der Waals surface area contributed by atoms with E-state index < -0.39 is 0 Å². The Morgan fingerprint density at radius 1 is 1.42 bits per heavy atom. The topological polar surface area (TPSA) is 41.3 Å². The van der Waals surface area contributed by atoms with Crippen LogP contribution >= 0.6 is 24.0 Å². The van der Waals surface area contributed by atoms with Gasteiger partial charge in [-0.2, -0.15) is 11.8 Å². The molecule has 104 valence electrons. The molecule has 1 heterocycles. The molecular formula is C14H21N3S2. The van der Waals surface area contributed by atoms with Crippen LogP contribution in [0.3, 0.4) is 0 Å². The number of anilines is 1. The average Bonchev–Trinajstić information content (AvgIpc) is 2.41. The minimum absolute atomic E-state index is 0.459. The second-order valence-corrected chi connectivity index (χ2v) is 6.41. The van der Waals surface area contributed by atoms with E-state index in [0.717, 1.165) is 24.3 Å². The number of thioether (sulfide) groups is 1. The van der Waals surface area contributed by atoms with Crippen LogP contribution in [-0.2, 0) is 0 Å². The highest BCUT2D eigenvalue weighted by molar-refractivity contribution is 7.99. The van der Waals surface area contributed by atoms with Crippen molar-refractivity contribution < 1.29 is 0 Å². The summed E-state index contributed by atoms with van der Waals surface area (Å²) in [7, 11) is 0. The molecule has 3 N–H and O–H groups in total. The smallest absolute Gasteiger partial charge is 0.106 e. The molecule has 1 aliphatic heterocycles. The predicted molar refractivity (Wildman–Crippen MR) is 89.3 cm³/mol. The Morgan fingerprint density at radius 3 is 2.84 bits per heavy atom. The van der Waals surface area contributed by atoms with Crippen molar-refractivity contribution in [3.63, 3.8) is 0 Å². The number of benzene rings is 1. The fraction of sp³-hybridized carbons (Fsp3) is 0.500. The van der Waals surface area contributed by atoms with E-state index in [0.29, 0.717) is 4.99 Å². The highest BCUT2D eigenvalue weighted by Gasteiger charge is 2.11. The first-order valence-electron chi connectivity index (χ1n) is 6.62. The summed E-state index contributed by atoms with van der Waals surface area (Å²) in [6.45, 7) is 6.49. The number of hydrogen-bond donors (Lipinski definition) is 2. The molecule has 0 aromatic heterocycles. The van der Waals surface area contributed by atoms with Crippen molar-refractivity contribution in [1.29, 1.82) is 0 Å². The molecule has 2 rings (SSSR count). The van der Waals surface area contributed by atoms with Crippen LogP contribution in [0.1, 0.15) is 11.1 Å². The van der Waals surface area contributed by atoms with Gasteiger partial charge in [0.1, 0.15) is 4.99 Å². The van der Waals surface area contributed by atoms with Gasteiger partial charge in [0.25, 0.3) is 0 Å². The summed E-state index contributed by atoms with van der Waals surface area (Å²) in [5.74, 6) is 2.50. The lowest BCUT2D eigenvalue weighted by molar-refractivity contribution is 0.314. The summed E-state index contributed by atoms with van der Waals surface area (Å²) < 4.78 is 0. The third-order valence-electron chi connectivity index (χ3n) is 3.37. The summed E-state index contributed by atoms with van der Waals surface area (Å²) in [4.78, 5) is 2.96. The van der Waals surface area contributed by atoms with Gasteiger partial charge in [0.05, 0.1) is 0 Å². The number of nitrogens with one attached hydrogen (secondary N) is 1. The molecule has 0 bridgehead atoms. The number of thiocarbonyl (C=S) groups is 1. The lowest BCUT2D eigenvalue weighted by atomic mass is 10.1. The quantitative estimate of drug-likeness (QED) is 0.814. The Labute approximate surface area is 124 Å². The highest BCUT2D eigenvalue weighted by atomic mass is 32.2. The van der Waals surface area contributed by atoms with Gasteiger partial charge >= 0.3 is 0 Å². The van der Waals surface area contributed by atoms with Crippen LogP contribution in [0.25, 0.3) is 0 Å². The fourth-order valence-electron chi connectivity index (χ4n) is 2.27. The summed E-state index contributed by atoms with van der Waals surface area (Å²) in [6.07, 6.45) is 0. The van der Waals surface area contributed by atoms with Crippen molar-refractivity contribution in [3.8, 4) is 0 Å². The molecule has 1 fully saturated rings. The van der Waals surface area contributed by atoms with Crippen LogP contribution in [0.15, 0.2) is 18.2 Å². The van der Waals surface area contributed by atoms with Gasteiger partial charge in [-0.3, -0.25) is 4.90 Å². The number of para-hydroxylation sites is 1. The van der Waals surface area contributed by atoms with E-state index in [-0.39, 0.29) is 0 Å². The second kappa shape index (κ2) is 7.12. The molecule has 1 aromatic carbocycles. The lowest BCUT2D eigenvalue weighted by Gasteiger charge is -2.26. The van der Waals surface area contributed by atoms with Gasteiger partial charge in [-0.25, -0.2) is 0 Å². The third kappa shape index (κ3) is 4.09. The fourth-order valence-corrected chi connectivity index (χ4v) is 3.42.